The van der Waals surface area contributed by atoms with E-state index in [9.17, 15) is 14.9 Å². The van der Waals surface area contributed by atoms with Gasteiger partial charge in [0.05, 0.1) is 23.7 Å². The number of nitriles is 1. The fourth-order valence-corrected chi connectivity index (χ4v) is 6.74. The van der Waals surface area contributed by atoms with Crippen molar-refractivity contribution in [1.29, 1.82) is 5.26 Å². The molecular weight excluding hydrogens is 555 g/mol. The van der Waals surface area contributed by atoms with Crippen LogP contribution >= 0.6 is 0 Å². The van der Waals surface area contributed by atoms with Crippen LogP contribution in [-0.2, 0) is 21.7 Å². The number of rotatable bonds is 6. The maximum absolute atomic E-state index is 16.2. The molecule has 0 saturated carbocycles. The summed E-state index contributed by atoms with van der Waals surface area (Å²) in [7, 11) is 0. The maximum Gasteiger partial charge on any atom is 0.234 e. The van der Waals surface area contributed by atoms with E-state index in [4.69, 9.17) is 0 Å². The smallest absolute Gasteiger partial charge is 0.234 e. The van der Waals surface area contributed by atoms with Gasteiger partial charge in [-0.15, -0.1) is 0 Å². The number of amides is 2. The van der Waals surface area contributed by atoms with E-state index in [1.54, 1.807) is 23.1 Å². The van der Waals surface area contributed by atoms with Gasteiger partial charge in [0.2, 0.25) is 11.8 Å². The number of halogens is 1. The van der Waals surface area contributed by atoms with Gasteiger partial charge in [-0.3, -0.25) is 29.5 Å². The second-order valence-corrected chi connectivity index (χ2v) is 13.4. The predicted octanol–water partition coefficient (Wildman–Crippen LogP) is 6.03. The van der Waals surface area contributed by atoms with E-state index in [0.29, 0.717) is 28.5 Å². The molecule has 2 amide bonds. The van der Waals surface area contributed by atoms with Crippen molar-refractivity contribution >= 4 is 22.7 Å². The van der Waals surface area contributed by atoms with Crippen molar-refractivity contribution in [3.05, 3.63) is 83.6 Å². The molecule has 9 heteroatoms. The van der Waals surface area contributed by atoms with Crippen molar-refractivity contribution in [2.45, 2.75) is 70.9 Å². The summed E-state index contributed by atoms with van der Waals surface area (Å²) >= 11 is 0. The lowest BCUT2D eigenvalue weighted by atomic mass is 9.70. The van der Waals surface area contributed by atoms with Crippen LogP contribution in [0.2, 0.25) is 0 Å². The molecule has 2 fully saturated rings. The highest BCUT2D eigenvalue weighted by Crippen LogP contribution is 2.44. The van der Waals surface area contributed by atoms with E-state index in [2.05, 4.69) is 64.5 Å². The minimum atomic E-state index is -0.706. The van der Waals surface area contributed by atoms with Gasteiger partial charge in [-0.1, -0.05) is 44.2 Å². The number of nitrogens with zero attached hydrogens (tertiary/aromatic N) is 5. The Bertz CT molecular complexity index is 1790. The van der Waals surface area contributed by atoms with Crippen molar-refractivity contribution in [3.8, 4) is 17.2 Å². The zero-order chi connectivity index (χ0) is 31.2. The van der Waals surface area contributed by atoms with Gasteiger partial charge in [-0.05, 0) is 79.0 Å². The standard InChI is InChI=1S/C35H37FN6O2/c1-34(2)21-41(18-22-5-7-23(8-6-22)25-17-39-42(19-25)35(3,4)20-37)14-13-29(34)27-9-11-30-28(32(27)36)15-24(16-38-30)26-10-12-31(43)40-33(26)44/h5-9,11,15-17,19,26,29H,10,12-14,18,21H2,1-4H3,(H,40,43,44)/t26-,29?/m1/s1. The number of aromatic nitrogens is 3. The average molecular weight is 593 g/mol. The van der Waals surface area contributed by atoms with E-state index >= 15 is 4.39 Å². The quantitative estimate of drug-likeness (QED) is 0.274. The first-order valence-corrected chi connectivity index (χ1v) is 15.1. The van der Waals surface area contributed by atoms with Crippen LogP contribution < -0.4 is 5.32 Å². The summed E-state index contributed by atoms with van der Waals surface area (Å²) in [5.74, 6) is -1.37. The highest BCUT2D eigenvalue weighted by Gasteiger charge is 2.38. The van der Waals surface area contributed by atoms with Crippen molar-refractivity contribution in [2.24, 2.45) is 5.41 Å². The molecule has 4 aromatic rings. The number of likely N-dealkylation sites (tertiary alicyclic amines) is 1. The lowest BCUT2D eigenvalue weighted by molar-refractivity contribution is -0.134. The van der Waals surface area contributed by atoms with Crippen LogP contribution in [0.3, 0.4) is 0 Å². The van der Waals surface area contributed by atoms with E-state index in [1.165, 1.54) is 5.56 Å². The zero-order valence-corrected chi connectivity index (χ0v) is 25.6. The number of carbonyl (C=O) groups excluding carboxylic acids is 2. The molecule has 44 heavy (non-hydrogen) atoms. The maximum atomic E-state index is 16.2. The van der Waals surface area contributed by atoms with Crippen molar-refractivity contribution in [3.63, 3.8) is 0 Å². The number of carbonyl (C=O) groups is 2. The molecule has 1 N–H and O–H groups in total. The number of pyridine rings is 1. The molecule has 6 rings (SSSR count). The molecule has 8 nitrogen and oxygen atoms in total. The van der Waals surface area contributed by atoms with E-state index in [1.807, 2.05) is 32.2 Å². The molecule has 0 aliphatic carbocycles. The number of fused-ring (bicyclic) bond motifs is 1. The molecule has 2 saturated heterocycles. The highest BCUT2D eigenvalue weighted by atomic mass is 19.1. The lowest BCUT2D eigenvalue weighted by Crippen LogP contribution is -2.44. The predicted molar refractivity (Wildman–Crippen MR) is 166 cm³/mol. The summed E-state index contributed by atoms with van der Waals surface area (Å²) in [5, 5.41) is 16.6. The molecule has 2 aliphatic heterocycles. The number of hydrogen-bond donors (Lipinski definition) is 1. The van der Waals surface area contributed by atoms with Crippen LogP contribution in [0.5, 0.6) is 0 Å². The number of benzene rings is 2. The van der Waals surface area contributed by atoms with Crippen LogP contribution in [-0.4, -0.2) is 44.6 Å². The van der Waals surface area contributed by atoms with E-state index in [0.717, 1.165) is 37.2 Å². The second-order valence-electron chi connectivity index (χ2n) is 13.4. The van der Waals surface area contributed by atoms with Gasteiger partial charge in [-0.25, -0.2) is 4.39 Å². The van der Waals surface area contributed by atoms with Crippen molar-refractivity contribution in [2.75, 3.05) is 13.1 Å². The normalized spacial score (nSPS) is 20.8. The van der Waals surface area contributed by atoms with Gasteiger partial charge in [0.25, 0.3) is 0 Å². The minimum absolute atomic E-state index is 0.0268. The van der Waals surface area contributed by atoms with Crippen molar-refractivity contribution < 1.29 is 14.0 Å². The number of nitrogens with one attached hydrogen (secondary N) is 1. The third kappa shape index (κ3) is 5.62. The molecule has 2 aromatic carbocycles. The second kappa shape index (κ2) is 11.3. The average Bonchev–Trinajstić information content (AvgIpc) is 3.50. The third-order valence-corrected chi connectivity index (χ3v) is 9.30. The Hall–Kier alpha value is -4.42. The summed E-state index contributed by atoms with van der Waals surface area (Å²) in [6.07, 6.45) is 6.81. The molecule has 2 atom stereocenters. The van der Waals surface area contributed by atoms with Crippen LogP contribution in [0, 0.1) is 22.6 Å². The number of imide groups is 1. The van der Waals surface area contributed by atoms with Gasteiger partial charge in [0, 0.05) is 42.9 Å². The Morgan fingerprint density at radius 3 is 2.57 bits per heavy atom. The Kier molecular flexibility index (Phi) is 7.58. The lowest BCUT2D eigenvalue weighted by Gasteiger charge is -2.45. The molecule has 0 radical (unpaired) electrons. The fraction of sp³-hybridized carbons (Fsp3) is 0.400. The molecule has 0 spiro atoms. The molecule has 0 bridgehead atoms. The number of hydrogen-bond acceptors (Lipinski definition) is 6. The monoisotopic (exact) mass is 592 g/mol. The number of piperidine rings is 2. The molecule has 2 aliphatic rings. The summed E-state index contributed by atoms with van der Waals surface area (Å²) in [5.41, 5.74) is 4.23. The van der Waals surface area contributed by atoms with E-state index < -0.39 is 11.5 Å². The Morgan fingerprint density at radius 2 is 1.86 bits per heavy atom. The summed E-state index contributed by atoms with van der Waals surface area (Å²) in [4.78, 5) is 30.9. The summed E-state index contributed by atoms with van der Waals surface area (Å²) in [6, 6.07) is 16.2. The fourth-order valence-electron chi connectivity index (χ4n) is 6.74. The Labute approximate surface area is 256 Å². The highest BCUT2D eigenvalue weighted by molar-refractivity contribution is 6.01. The molecule has 1 unspecified atom stereocenters. The SMILES string of the molecule is CC1(C)CN(Cc2ccc(-c3cnn(C(C)(C)C#N)c3)cc2)CCC1c1ccc2ncc([C@H]3CCC(=O)NC3=O)cc2c1F. The summed E-state index contributed by atoms with van der Waals surface area (Å²) in [6.45, 7) is 10.5. The minimum Gasteiger partial charge on any atom is -0.299 e. The van der Waals surface area contributed by atoms with Gasteiger partial charge in [0.15, 0.2) is 0 Å². The van der Waals surface area contributed by atoms with Crippen LogP contribution in [0.1, 0.15) is 75.5 Å². The molecule has 4 heterocycles. The zero-order valence-electron chi connectivity index (χ0n) is 25.6. The van der Waals surface area contributed by atoms with E-state index in [-0.39, 0.29) is 35.4 Å². The Balaban J connectivity index is 1.16. The third-order valence-electron chi connectivity index (χ3n) is 9.30. The topological polar surface area (TPSA) is 104 Å². The Morgan fingerprint density at radius 1 is 1.09 bits per heavy atom. The first-order chi connectivity index (χ1) is 20.9. The molecule has 2 aromatic heterocycles. The van der Waals surface area contributed by atoms with Gasteiger partial charge < -0.3 is 0 Å². The molecule has 226 valence electrons. The van der Waals surface area contributed by atoms with Gasteiger partial charge in [-0.2, -0.15) is 10.4 Å². The first-order valence-electron chi connectivity index (χ1n) is 15.1. The largest absolute Gasteiger partial charge is 0.299 e. The van der Waals surface area contributed by atoms with Crippen molar-refractivity contribution in [1.82, 2.24) is 25.0 Å². The van der Waals surface area contributed by atoms with Gasteiger partial charge >= 0.3 is 0 Å². The van der Waals surface area contributed by atoms with Crippen LogP contribution in [0.25, 0.3) is 22.0 Å². The molecular formula is C35H37FN6O2. The van der Waals surface area contributed by atoms with Gasteiger partial charge in [0.1, 0.15) is 11.4 Å². The first kappa shape index (κ1) is 29.6. The summed E-state index contributed by atoms with van der Waals surface area (Å²) < 4.78 is 17.9. The van der Waals surface area contributed by atoms with Crippen LogP contribution in [0.4, 0.5) is 4.39 Å². The van der Waals surface area contributed by atoms with Crippen LogP contribution in [0.15, 0.2) is 61.1 Å².